The summed E-state index contributed by atoms with van der Waals surface area (Å²) in [5.74, 6) is -9.66. The van der Waals surface area contributed by atoms with E-state index in [1.807, 2.05) is 0 Å². The molecule has 0 aliphatic rings. The van der Waals surface area contributed by atoms with Crippen molar-refractivity contribution in [1.82, 2.24) is 0 Å². The van der Waals surface area contributed by atoms with E-state index in [1.54, 1.807) is 0 Å². The Bertz CT molecular complexity index is 469. The maximum absolute atomic E-state index is 13.0. The Morgan fingerprint density at radius 2 is 1.58 bits per heavy atom. The molecule has 0 fully saturated rings. The summed E-state index contributed by atoms with van der Waals surface area (Å²) in [6.07, 6.45) is -5.00. The Kier molecular flexibility index (Phi) is 4.38. The van der Waals surface area contributed by atoms with Gasteiger partial charge in [-0.3, -0.25) is 0 Å². The first-order valence-electron chi connectivity index (χ1n) is 4.54. The van der Waals surface area contributed by atoms with Crippen molar-refractivity contribution in [3.63, 3.8) is 0 Å². The van der Waals surface area contributed by atoms with E-state index < -0.39 is 47.6 Å². The highest BCUT2D eigenvalue weighted by atomic mass is 19.4. The Hall–Kier alpha value is -1.80. The Morgan fingerprint density at radius 3 is 2.00 bits per heavy atom. The van der Waals surface area contributed by atoms with E-state index in [2.05, 4.69) is 4.74 Å². The molecule has 1 aromatic carbocycles. The maximum Gasteiger partial charge on any atom is 0.490 e. The highest BCUT2D eigenvalue weighted by Gasteiger charge is 2.40. The second kappa shape index (κ2) is 5.45. The van der Waals surface area contributed by atoms with Crippen molar-refractivity contribution < 1.29 is 40.3 Å². The molecule has 2 nitrogen and oxygen atoms in total. The van der Waals surface area contributed by atoms with Crippen molar-refractivity contribution in [2.24, 2.45) is 0 Å². The minimum atomic E-state index is -5.28. The van der Waals surface area contributed by atoms with Crippen LogP contribution in [0.1, 0.15) is 5.56 Å². The van der Waals surface area contributed by atoms with Gasteiger partial charge in [-0.2, -0.15) is 13.2 Å². The SMILES string of the molecule is O=C(OC[CH]c1c(F)c(F)cc(F)c1F)C(F)(F)F. The number of alkyl halides is 3. The number of hydrogen-bond acceptors (Lipinski definition) is 2. The molecule has 0 atom stereocenters. The summed E-state index contributed by atoms with van der Waals surface area (Å²) in [5, 5.41) is 0. The summed E-state index contributed by atoms with van der Waals surface area (Å²) in [6.45, 7) is -1.20. The molecule has 0 aromatic heterocycles. The molecule has 0 unspecified atom stereocenters. The molecule has 0 saturated carbocycles. The first-order valence-corrected chi connectivity index (χ1v) is 4.54. The van der Waals surface area contributed by atoms with Gasteiger partial charge in [0.15, 0.2) is 23.3 Å². The summed E-state index contributed by atoms with van der Waals surface area (Å²) < 4.78 is 90.2. The van der Waals surface area contributed by atoms with Crippen molar-refractivity contribution in [3.05, 3.63) is 41.3 Å². The van der Waals surface area contributed by atoms with Gasteiger partial charge >= 0.3 is 12.1 Å². The zero-order chi connectivity index (χ0) is 14.8. The largest absolute Gasteiger partial charge is 0.490 e. The van der Waals surface area contributed by atoms with Crippen LogP contribution in [0.4, 0.5) is 30.7 Å². The lowest BCUT2D eigenvalue weighted by molar-refractivity contribution is -0.198. The normalized spacial score (nSPS) is 11.5. The highest BCUT2D eigenvalue weighted by molar-refractivity contribution is 5.75. The lowest BCUT2D eigenvalue weighted by Gasteiger charge is -2.08. The number of carbonyl (C=O) groups excluding carboxylic acids is 1. The van der Waals surface area contributed by atoms with Crippen LogP contribution in [0.2, 0.25) is 0 Å². The van der Waals surface area contributed by atoms with Gasteiger partial charge in [0, 0.05) is 18.1 Å². The predicted molar refractivity (Wildman–Crippen MR) is 46.7 cm³/mol. The molecule has 0 bridgehead atoms. The van der Waals surface area contributed by atoms with Crippen molar-refractivity contribution in [2.75, 3.05) is 6.61 Å². The van der Waals surface area contributed by atoms with E-state index in [9.17, 15) is 35.5 Å². The van der Waals surface area contributed by atoms with Crippen molar-refractivity contribution >= 4 is 5.97 Å². The first kappa shape index (κ1) is 15.3. The molecule has 19 heavy (non-hydrogen) atoms. The minimum absolute atomic E-state index is 0.0657. The van der Waals surface area contributed by atoms with Crippen LogP contribution < -0.4 is 0 Å². The highest BCUT2D eigenvalue weighted by Crippen LogP contribution is 2.21. The van der Waals surface area contributed by atoms with E-state index in [-0.39, 0.29) is 12.5 Å². The number of carbonyl (C=O) groups is 1. The summed E-state index contributed by atoms with van der Waals surface area (Å²) in [5.41, 5.74) is -1.26. The number of halogens is 7. The summed E-state index contributed by atoms with van der Waals surface area (Å²) in [6, 6.07) is -0.0657. The Balaban J connectivity index is 2.77. The molecule has 1 rings (SSSR count). The fourth-order valence-corrected chi connectivity index (χ4v) is 1.05. The summed E-state index contributed by atoms with van der Waals surface area (Å²) in [7, 11) is 0. The smallest absolute Gasteiger partial charge is 0.458 e. The van der Waals surface area contributed by atoms with Gasteiger partial charge in [0.25, 0.3) is 0 Å². The number of benzene rings is 1. The van der Waals surface area contributed by atoms with Crippen LogP contribution in [-0.4, -0.2) is 18.8 Å². The number of hydrogen-bond donors (Lipinski definition) is 0. The first-order chi connectivity index (χ1) is 8.64. The molecule has 0 heterocycles. The van der Waals surface area contributed by atoms with Crippen LogP contribution in [0.3, 0.4) is 0 Å². The predicted octanol–water partition coefficient (Wildman–Crippen LogP) is 2.90. The summed E-state index contributed by atoms with van der Waals surface area (Å²) in [4.78, 5) is 10.3. The fraction of sp³-hybridized carbons (Fsp3) is 0.200. The topological polar surface area (TPSA) is 26.3 Å². The van der Waals surface area contributed by atoms with Crippen LogP contribution in [-0.2, 0) is 9.53 Å². The number of esters is 1. The van der Waals surface area contributed by atoms with Gasteiger partial charge in [-0.25, -0.2) is 22.4 Å². The van der Waals surface area contributed by atoms with E-state index >= 15 is 0 Å². The van der Waals surface area contributed by atoms with Crippen LogP contribution in [0.5, 0.6) is 0 Å². The van der Waals surface area contributed by atoms with Crippen LogP contribution in [0.15, 0.2) is 6.07 Å². The third-order valence-electron chi connectivity index (χ3n) is 1.88. The average molecular weight is 289 g/mol. The fourth-order valence-electron chi connectivity index (χ4n) is 1.05. The van der Waals surface area contributed by atoms with Gasteiger partial charge in [-0.15, -0.1) is 0 Å². The van der Waals surface area contributed by atoms with Crippen molar-refractivity contribution in [3.8, 4) is 0 Å². The lowest BCUT2D eigenvalue weighted by Crippen LogP contribution is -2.26. The zero-order valence-electron chi connectivity index (χ0n) is 8.82. The Morgan fingerprint density at radius 1 is 1.11 bits per heavy atom. The van der Waals surface area contributed by atoms with Crippen LogP contribution in [0, 0.1) is 29.7 Å². The molecular weight excluding hydrogens is 285 g/mol. The Labute approximate surface area is 101 Å². The number of ether oxygens (including phenoxy) is 1. The second-order valence-electron chi connectivity index (χ2n) is 3.18. The van der Waals surface area contributed by atoms with E-state index in [0.717, 1.165) is 0 Å². The second-order valence-corrected chi connectivity index (χ2v) is 3.18. The molecule has 0 N–H and O–H groups in total. The average Bonchev–Trinajstić information content (AvgIpc) is 2.29. The number of rotatable bonds is 3. The molecule has 105 valence electrons. The molecule has 0 spiro atoms. The molecule has 0 aliphatic carbocycles. The van der Waals surface area contributed by atoms with Crippen LogP contribution in [0.25, 0.3) is 0 Å². The molecule has 0 amide bonds. The molecule has 9 heteroatoms. The maximum atomic E-state index is 13.0. The van der Waals surface area contributed by atoms with E-state index in [4.69, 9.17) is 0 Å². The zero-order valence-corrected chi connectivity index (χ0v) is 8.82. The van der Waals surface area contributed by atoms with Gasteiger partial charge in [0.05, 0.1) is 6.61 Å². The van der Waals surface area contributed by atoms with Gasteiger partial charge in [0.1, 0.15) is 0 Å². The molecule has 1 radical (unpaired) electrons. The van der Waals surface area contributed by atoms with E-state index in [1.165, 1.54) is 0 Å². The van der Waals surface area contributed by atoms with Crippen molar-refractivity contribution in [2.45, 2.75) is 6.18 Å². The molecule has 1 aromatic rings. The van der Waals surface area contributed by atoms with Gasteiger partial charge in [0.2, 0.25) is 0 Å². The third-order valence-corrected chi connectivity index (χ3v) is 1.88. The van der Waals surface area contributed by atoms with Gasteiger partial charge < -0.3 is 4.74 Å². The molecule has 0 aliphatic heterocycles. The monoisotopic (exact) mass is 289 g/mol. The quantitative estimate of drug-likeness (QED) is 0.486. The summed E-state index contributed by atoms with van der Waals surface area (Å²) >= 11 is 0. The molecular formula is C10H4F7O2. The van der Waals surface area contributed by atoms with Gasteiger partial charge in [-0.05, 0) is 0 Å². The minimum Gasteiger partial charge on any atom is -0.458 e. The van der Waals surface area contributed by atoms with Gasteiger partial charge in [-0.1, -0.05) is 0 Å². The van der Waals surface area contributed by atoms with E-state index in [0.29, 0.717) is 0 Å². The third kappa shape index (κ3) is 3.58. The van der Waals surface area contributed by atoms with Crippen LogP contribution >= 0.6 is 0 Å². The lowest BCUT2D eigenvalue weighted by atomic mass is 10.1. The van der Waals surface area contributed by atoms with Crippen molar-refractivity contribution in [1.29, 1.82) is 0 Å². The molecule has 0 saturated heterocycles. The standard InChI is InChI=1S/C10H4F7O2/c11-5-3-6(12)8(14)4(7(5)13)1-2-19-9(18)10(15,16)17/h1,3H,2H2.